The van der Waals surface area contributed by atoms with Gasteiger partial charge in [-0.3, -0.25) is 4.79 Å². The molecule has 0 fully saturated rings. The number of hydrogen-bond acceptors (Lipinski definition) is 4. The van der Waals surface area contributed by atoms with Crippen molar-refractivity contribution in [2.75, 3.05) is 6.54 Å². The van der Waals surface area contributed by atoms with Gasteiger partial charge in [0, 0.05) is 23.9 Å². The van der Waals surface area contributed by atoms with Crippen molar-refractivity contribution in [2.45, 2.75) is 26.7 Å². The number of fused-ring (bicyclic) bond motifs is 1. The lowest BCUT2D eigenvalue weighted by Gasteiger charge is -2.09. The summed E-state index contributed by atoms with van der Waals surface area (Å²) in [6.45, 7) is 7.75. The molecule has 0 aliphatic heterocycles. The molecule has 3 N–H and O–H groups in total. The lowest BCUT2D eigenvalue weighted by molar-refractivity contribution is 0.100. The standard InChI is InChI=1S/C25H27N3O2/c1-4-7-11-17(5-2)14-21-19(6-3)23(22(29)15-26)24-25(30)27-20(16-28(21)24)18-12-9-8-10-13-18/h4-5,7-13,16H,2,6,14-15,26H2,1,3H3,(H,27,30)/b7-4-,17-11+. The summed E-state index contributed by atoms with van der Waals surface area (Å²) in [7, 11) is 0. The van der Waals surface area contributed by atoms with Gasteiger partial charge in [-0.1, -0.05) is 68.1 Å². The Labute approximate surface area is 176 Å². The highest BCUT2D eigenvalue weighted by Crippen LogP contribution is 2.33. The van der Waals surface area contributed by atoms with Crippen molar-refractivity contribution in [2.24, 2.45) is 5.73 Å². The largest absolute Gasteiger partial charge is 0.492 e. The Bertz CT molecular complexity index is 1140. The van der Waals surface area contributed by atoms with E-state index in [4.69, 9.17) is 5.73 Å². The highest BCUT2D eigenvalue weighted by molar-refractivity contribution is 6.07. The molecule has 0 radical (unpaired) electrons. The van der Waals surface area contributed by atoms with E-state index in [1.54, 1.807) is 0 Å². The van der Waals surface area contributed by atoms with Gasteiger partial charge in [0.15, 0.2) is 5.78 Å². The minimum absolute atomic E-state index is 0.130. The van der Waals surface area contributed by atoms with Gasteiger partial charge in [0.1, 0.15) is 5.52 Å². The Kier molecular flexibility index (Phi) is 6.65. The smallest absolute Gasteiger partial charge is 0.237 e. The van der Waals surface area contributed by atoms with E-state index in [9.17, 15) is 9.90 Å². The van der Waals surface area contributed by atoms with Gasteiger partial charge in [-0.2, -0.15) is 0 Å². The average Bonchev–Trinajstić information content (AvgIpc) is 3.10. The van der Waals surface area contributed by atoms with Crippen LogP contribution >= 0.6 is 0 Å². The third-order valence-corrected chi connectivity index (χ3v) is 5.13. The third-order valence-electron chi connectivity index (χ3n) is 5.13. The number of ketones is 1. The molecule has 3 aromatic rings. The maximum atomic E-state index is 12.7. The first-order chi connectivity index (χ1) is 14.5. The molecule has 1 aromatic carbocycles. The second-order valence-electron chi connectivity index (χ2n) is 6.96. The monoisotopic (exact) mass is 401 g/mol. The zero-order valence-electron chi connectivity index (χ0n) is 17.4. The zero-order chi connectivity index (χ0) is 21.7. The number of hydrogen-bond donors (Lipinski definition) is 2. The van der Waals surface area contributed by atoms with Gasteiger partial charge in [-0.25, -0.2) is 4.98 Å². The van der Waals surface area contributed by atoms with Gasteiger partial charge in [0.05, 0.1) is 17.8 Å². The van der Waals surface area contributed by atoms with Crippen molar-refractivity contribution in [3.05, 3.63) is 89.8 Å². The van der Waals surface area contributed by atoms with E-state index in [2.05, 4.69) is 11.6 Å². The molecule has 0 aliphatic carbocycles. The van der Waals surface area contributed by atoms with Crippen molar-refractivity contribution in [1.82, 2.24) is 9.38 Å². The number of carbonyl (C=O) groups is 1. The predicted molar refractivity (Wildman–Crippen MR) is 122 cm³/mol. The van der Waals surface area contributed by atoms with Gasteiger partial charge in [-0.05, 0) is 24.5 Å². The fraction of sp³-hybridized carbons (Fsp3) is 0.200. The SMILES string of the molecule is C=C/C(=C\C=C/C)Cc1c(CC)c(C(=O)CN)c2c(O)nc(-c3ccccc3)cn12. The van der Waals surface area contributed by atoms with Crippen molar-refractivity contribution >= 4 is 11.3 Å². The van der Waals surface area contributed by atoms with E-state index >= 15 is 0 Å². The van der Waals surface area contributed by atoms with Crippen LogP contribution in [0, 0.1) is 0 Å². The summed E-state index contributed by atoms with van der Waals surface area (Å²) >= 11 is 0. The number of nitrogens with zero attached hydrogens (tertiary/aromatic N) is 2. The summed E-state index contributed by atoms with van der Waals surface area (Å²) in [4.78, 5) is 17.1. The quantitative estimate of drug-likeness (QED) is 0.426. The summed E-state index contributed by atoms with van der Waals surface area (Å²) in [5.41, 5.74) is 10.9. The number of allylic oxidation sites excluding steroid dienone is 5. The molecule has 2 aromatic heterocycles. The molecular formula is C25H27N3O2. The van der Waals surface area contributed by atoms with E-state index in [0.717, 1.165) is 22.4 Å². The van der Waals surface area contributed by atoms with E-state index < -0.39 is 0 Å². The first-order valence-corrected chi connectivity index (χ1v) is 10.0. The number of rotatable bonds is 8. The number of Topliss-reactive ketones (excluding diaryl/α,β-unsaturated/α-hetero) is 1. The van der Waals surface area contributed by atoms with Crippen LogP contribution in [0.25, 0.3) is 16.8 Å². The van der Waals surface area contributed by atoms with E-state index in [-0.39, 0.29) is 18.2 Å². The van der Waals surface area contributed by atoms with Crippen LogP contribution in [-0.4, -0.2) is 26.8 Å². The molecule has 0 bridgehead atoms. The van der Waals surface area contributed by atoms with Gasteiger partial charge in [-0.15, -0.1) is 0 Å². The van der Waals surface area contributed by atoms with Gasteiger partial charge in [0.25, 0.3) is 0 Å². The maximum absolute atomic E-state index is 12.7. The van der Waals surface area contributed by atoms with E-state index in [1.807, 2.05) is 79.1 Å². The van der Waals surface area contributed by atoms with Crippen LogP contribution in [0.5, 0.6) is 5.88 Å². The minimum atomic E-state index is -0.210. The summed E-state index contributed by atoms with van der Waals surface area (Å²) in [6.07, 6.45) is 10.8. The fourth-order valence-corrected chi connectivity index (χ4v) is 3.70. The number of aromatic hydroxyl groups is 1. The Morgan fingerprint density at radius 3 is 2.63 bits per heavy atom. The predicted octanol–water partition coefficient (Wildman–Crippen LogP) is 4.64. The van der Waals surface area contributed by atoms with Crippen molar-refractivity contribution in [3.8, 4) is 17.1 Å². The molecule has 30 heavy (non-hydrogen) atoms. The van der Waals surface area contributed by atoms with Crippen LogP contribution < -0.4 is 5.73 Å². The molecule has 154 valence electrons. The second kappa shape index (κ2) is 9.37. The molecule has 5 heteroatoms. The normalized spacial score (nSPS) is 12.0. The summed E-state index contributed by atoms with van der Waals surface area (Å²) in [5.74, 6) is -0.385. The lowest BCUT2D eigenvalue weighted by Crippen LogP contribution is -2.15. The first kappa shape index (κ1) is 21.3. The summed E-state index contributed by atoms with van der Waals surface area (Å²) in [5, 5.41) is 10.8. The van der Waals surface area contributed by atoms with Crippen LogP contribution in [-0.2, 0) is 12.8 Å². The van der Waals surface area contributed by atoms with Gasteiger partial charge < -0.3 is 15.2 Å². The van der Waals surface area contributed by atoms with Crippen LogP contribution in [0.15, 0.2) is 73.0 Å². The molecule has 0 saturated heterocycles. The molecule has 0 aliphatic rings. The zero-order valence-corrected chi connectivity index (χ0v) is 17.4. The van der Waals surface area contributed by atoms with Crippen LogP contribution in [0.3, 0.4) is 0 Å². The third kappa shape index (κ3) is 3.98. The highest BCUT2D eigenvalue weighted by Gasteiger charge is 2.25. The van der Waals surface area contributed by atoms with Gasteiger partial charge in [0.2, 0.25) is 5.88 Å². The fourth-order valence-electron chi connectivity index (χ4n) is 3.70. The molecule has 3 rings (SSSR count). The maximum Gasteiger partial charge on any atom is 0.237 e. The second-order valence-corrected chi connectivity index (χ2v) is 6.96. The summed E-state index contributed by atoms with van der Waals surface area (Å²) < 4.78 is 1.89. The molecule has 0 amide bonds. The average molecular weight is 402 g/mol. The van der Waals surface area contributed by atoms with Crippen molar-refractivity contribution < 1.29 is 9.90 Å². The van der Waals surface area contributed by atoms with Crippen LogP contribution in [0.2, 0.25) is 0 Å². The molecule has 0 atom stereocenters. The molecule has 2 heterocycles. The van der Waals surface area contributed by atoms with Crippen LogP contribution in [0.4, 0.5) is 0 Å². The Hall–Kier alpha value is -3.44. The van der Waals surface area contributed by atoms with Crippen LogP contribution in [0.1, 0.15) is 35.5 Å². The van der Waals surface area contributed by atoms with E-state index in [0.29, 0.717) is 29.6 Å². The molecule has 5 nitrogen and oxygen atoms in total. The number of aromatic nitrogens is 2. The topological polar surface area (TPSA) is 80.6 Å². The minimum Gasteiger partial charge on any atom is -0.492 e. The number of nitrogens with two attached hydrogens (primary N) is 1. The Morgan fingerprint density at radius 2 is 2.03 bits per heavy atom. The number of benzene rings is 1. The highest BCUT2D eigenvalue weighted by atomic mass is 16.3. The molecule has 0 spiro atoms. The van der Waals surface area contributed by atoms with Crippen molar-refractivity contribution in [3.63, 3.8) is 0 Å². The number of carbonyl (C=O) groups excluding carboxylic acids is 1. The van der Waals surface area contributed by atoms with Crippen molar-refractivity contribution in [1.29, 1.82) is 0 Å². The van der Waals surface area contributed by atoms with Gasteiger partial charge >= 0.3 is 0 Å². The summed E-state index contributed by atoms with van der Waals surface area (Å²) in [6, 6.07) is 9.64. The Balaban J connectivity index is 2.35. The first-order valence-electron chi connectivity index (χ1n) is 10.0. The lowest BCUT2D eigenvalue weighted by atomic mass is 9.99. The van der Waals surface area contributed by atoms with E-state index in [1.165, 1.54) is 0 Å². The molecule has 0 unspecified atom stereocenters. The molecular weight excluding hydrogens is 374 g/mol. The Morgan fingerprint density at radius 1 is 1.30 bits per heavy atom. The molecule has 0 saturated carbocycles.